The van der Waals surface area contributed by atoms with Crippen molar-refractivity contribution in [3.05, 3.63) is 156 Å². The molecule has 1 aromatic heterocycles. The lowest BCUT2D eigenvalue weighted by Crippen LogP contribution is -2.18. The third kappa shape index (κ3) is 6.03. The molecule has 1 nitrogen and oxygen atoms in total. The van der Waals surface area contributed by atoms with Crippen molar-refractivity contribution in [1.29, 1.82) is 0 Å². The number of allylic oxidation sites excluding steroid dienone is 6. The van der Waals surface area contributed by atoms with E-state index in [4.69, 9.17) is 0 Å². The largest absolute Gasteiger partial charge is 0.310 e. The van der Waals surface area contributed by atoms with Crippen LogP contribution in [-0.2, 0) is 10.8 Å². The molecule has 0 unspecified atom stereocenters. The molecule has 0 saturated carbocycles. The van der Waals surface area contributed by atoms with Crippen molar-refractivity contribution >= 4 is 44.1 Å². The van der Waals surface area contributed by atoms with Crippen LogP contribution in [0.15, 0.2) is 133 Å². The maximum atomic E-state index is 3.36. The summed E-state index contributed by atoms with van der Waals surface area (Å²) in [5, 5.41) is 3.49. The first-order chi connectivity index (χ1) is 23.2. The molecule has 4 aromatic carbocycles. The van der Waals surface area contributed by atoms with Crippen LogP contribution in [0.5, 0.6) is 0 Å². The second kappa shape index (κ2) is 14.4. The van der Waals surface area contributed by atoms with Gasteiger partial charge in [0, 0.05) is 32.6 Å². The van der Waals surface area contributed by atoms with Crippen molar-refractivity contribution in [3.63, 3.8) is 0 Å². The zero-order valence-electron chi connectivity index (χ0n) is 30.2. The minimum atomic E-state index is -0.0418. The van der Waals surface area contributed by atoms with Gasteiger partial charge in [-0.05, 0) is 124 Å². The number of thiophene rings is 1. The predicted molar refractivity (Wildman–Crippen MR) is 215 cm³/mol. The molecule has 0 saturated heterocycles. The maximum Gasteiger partial charge on any atom is 0.0476 e. The molecule has 0 radical (unpaired) electrons. The minimum Gasteiger partial charge on any atom is -0.310 e. The SMILES string of the molecule is C=CC.C=CC.CC.CC1(C)C2=CCCC=C2c2ccc(N(c3ccc4c(c3)C(C)(C)c3ccccc3-4)c3ccc4ccsc4c3)cc21. The monoisotopic (exact) mass is 649 g/mol. The van der Waals surface area contributed by atoms with Crippen LogP contribution in [0.25, 0.3) is 26.8 Å². The standard InChI is InChI=1S/C38H33NS.2C3H6.C2H6/c1-37(2)32-11-7-5-9-28(32)30-17-15-25(21-34(30)37)39(27-14-13-24-19-20-40-36(24)23-27)26-16-18-31-29-10-6-8-12-33(29)38(3,4)35(31)22-26;2*1-3-2;1-2/h5,7,9-23H,6,8H2,1-4H3;2*3H,1H2,2H3;1-2H3. The average molecular weight is 650 g/mol. The molecule has 3 aliphatic carbocycles. The second-order valence-corrected chi connectivity index (χ2v) is 14.3. The first-order valence-corrected chi connectivity index (χ1v) is 18.3. The van der Waals surface area contributed by atoms with Gasteiger partial charge in [-0.3, -0.25) is 0 Å². The molecule has 48 heavy (non-hydrogen) atoms. The van der Waals surface area contributed by atoms with Crippen molar-refractivity contribution in [2.24, 2.45) is 0 Å². The van der Waals surface area contributed by atoms with E-state index in [1.54, 1.807) is 12.2 Å². The molecule has 5 aromatic rings. The van der Waals surface area contributed by atoms with E-state index in [0.717, 1.165) is 12.8 Å². The number of hydrogen-bond acceptors (Lipinski definition) is 2. The molecule has 0 atom stereocenters. The summed E-state index contributed by atoms with van der Waals surface area (Å²) >= 11 is 1.81. The van der Waals surface area contributed by atoms with Crippen LogP contribution in [-0.4, -0.2) is 0 Å². The summed E-state index contributed by atoms with van der Waals surface area (Å²) in [7, 11) is 0. The molecular formula is C46H51NS. The molecule has 2 heteroatoms. The van der Waals surface area contributed by atoms with E-state index in [1.807, 2.05) is 39.0 Å². The van der Waals surface area contributed by atoms with Crippen molar-refractivity contribution in [2.45, 2.75) is 79.1 Å². The van der Waals surface area contributed by atoms with Gasteiger partial charge in [-0.15, -0.1) is 24.5 Å². The number of benzene rings is 4. The number of fused-ring (bicyclic) bond motifs is 7. The quantitative estimate of drug-likeness (QED) is 0.176. The van der Waals surface area contributed by atoms with Crippen LogP contribution in [0.3, 0.4) is 0 Å². The molecule has 246 valence electrons. The van der Waals surface area contributed by atoms with Gasteiger partial charge in [0.1, 0.15) is 0 Å². The van der Waals surface area contributed by atoms with E-state index in [9.17, 15) is 0 Å². The summed E-state index contributed by atoms with van der Waals surface area (Å²) in [6, 6.07) is 32.3. The van der Waals surface area contributed by atoms with Crippen LogP contribution in [0.1, 0.15) is 90.5 Å². The maximum absolute atomic E-state index is 3.36. The van der Waals surface area contributed by atoms with Crippen LogP contribution in [0, 0.1) is 0 Å². The fraction of sp³-hybridized carbons (Fsp3) is 0.261. The van der Waals surface area contributed by atoms with Gasteiger partial charge < -0.3 is 4.90 Å². The predicted octanol–water partition coefficient (Wildman–Crippen LogP) is 14.5. The summed E-state index contributed by atoms with van der Waals surface area (Å²) in [4.78, 5) is 2.47. The Morgan fingerprint density at radius 1 is 0.625 bits per heavy atom. The highest BCUT2D eigenvalue weighted by atomic mass is 32.1. The fourth-order valence-corrected chi connectivity index (χ4v) is 8.27. The Hall–Kier alpha value is -4.40. The number of nitrogens with zero attached hydrogens (tertiary/aromatic N) is 1. The van der Waals surface area contributed by atoms with E-state index in [2.05, 4.69) is 148 Å². The molecule has 0 amide bonds. The third-order valence-electron chi connectivity index (χ3n) is 9.58. The topological polar surface area (TPSA) is 3.24 Å². The Bertz CT molecular complexity index is 2010. The van der Waals surface area contributed by atoms with Crippen LogP contribution >= 0.6 is 11.3 Å². The van der Waals surface area contributed by atoms with Gasteiger partial charge in [-0.25, -0.2) is 0 Å². The Morgan fingerprint density at radius 3 is 1.85 bits per heavy atom. The zero-order valence-corrected chi connectivity index (χ0v) is 31.0. The van der Waals surface area contributed by atoms with E-state index in [0.29, 0.717) is 0 Å². The number of rotatable bonds is 3. The highest BCUT2D eigenvalue weighted by Crippen LogP contribution is 2.54. The summed E-state index contributed by atoms with van der Waals surface area (Å²) < 4.78 is 1.32. The average Bonchev–Trinajstić information content (AvgIpc) is 3.73. The highest BCUT2D eigenvalue weighted by molar-refractivity contribution is 7.17. The summed E-state index contributed by atoms with van der Waals surface area (Å²) in [5.41, 5.74) is 14.9. The van der Waals surface area contributed by atoms with Crippen molar-refractivity contribution in [3.8, 4) is 11.1 Å². The molecule has 0 spiro atoms. The van der Waals surface area contributed by atoms with Crippen molar-refractivity contribution in [2.75, 3.05) is 4.90 Å². The molecule has 0 fully saturated rings. The first kappa shape index (κ1) is 34.9. The smallest absolute Gasteiger partial charge is 0.0476 e. The second-order valence-electron chi connectivity index (χ2n) is 13.4. The Kier molecular flexibility index (Phi) is 10.5. The highest BCUT2D eigenvalue weighted by Gasteiger charge is 2.39. The molecular weight excluding hydrogens is 599 g/mol. The van der Waals surface area contributed by atoms with Gasteiger partial charge >= 0.3 is 0 Å². The van der Waals surface area contributed by atoms with Gasteiger partial charge in [0.25, 0.3) is 0 Å². The van der Waals surface area contributed by atoms with Crippen molar-refractivity contribution < 1.29 is 0 Å². The van der Waals surface area contributed by atoms with Gasteiger partial charge in [0.2, 0.25) is 0 Å². The van der Waals surface area contributed by atoms with Gasteiger partial charge in [0.05, 0.1) is 0 Å². The third-order valence-corrected chi connectivity index (χ3v) is 10.5. The zero-order chi connectivity index (χ0) is 34.6. The lowest BCUT2D eigenvalue weighted by atomic mass is 9.80. The number of anilines is 3. The van der Waals surface area contributed by atoms with Crippen LogP contribution in [0.4, 0.5) is 17.1 Å². The Morgan fingerprint density at radius 2 is 1.17 bits per heavy atom. The van der Waals surface area contributed by atoms with Gasteiger partial charge in [-0.2, -0.15) is 0 Å². The lowest BCUT2D eigenvalue weighted by molar-refractivity contribution is 0.654. The van der Waals surface area contributed by atoms with Crippen LogP contribution in [0.2, 0.25) is 0 Å². The van der Waals surface area contributed by atoms with E-state index < -0.39 is 0 Å². The van der Waals surface area contributed by atoms with Crippen LogP contribution < -0.4 is 4.90 Å². The minimum absolute atomic E-state index is 0.00252. The molecule has 0 bridgehead atoms. The summed E-state index contributed by atoms with van der Waals surface area (Å²) in [6.07, 6.45) is 10.7. The molecule has 8 rings (SSSR count). The Labute approximate surface area is 293 Å². The van der Waals surface area contributed by atoms with Crippen molar-refractivity contribution in [1.82, 2.24) is 0 Å². The van der Waals surface area contributed by atoms with E-state index in [-0.39, 0.29) is 10.8 Å². The molecule has 0 N–H and O–H groups in total. The van der Waals surface area contributed by atoms with Gasteiger partial charge in [-0.1, -0.05) is 108 Å². The normalized spacial score (nSPS) is 15.2. The van der Waals surface area contributed by atoms with E-state index >= 15 is 0 Å². The first-order valence-electron chi connectivity index (χ1n) is 17.4. The fourth-order valence-electron chi connectivity index (χ4n) is 7.45. The summed E-state index contributed by atoms with van der Waals surface area (Å²) in [6.45, 7) is 24.0. The van der Waals surface area contributed by atoms with E-state index in [1.165, 1.54) is 71.7 Å². The Balaban J connectivity index is 0.000000519. The lowest BCUT2D eigenvalue weighted by Gasteiger charge is -2.29. The summed E-state index contributed by atoms with van der Waals surface area (Å²) in [5.74, 6) is 0. The number of hydrogen-bond donors (Lipinski definition) is 0. The molecule has 3 aliphatic rings. The molecule has 1 heterocycles. The molecule has 0 aliphatic heterocycles. The van der Waals surface area contributed by atoms with Gasteiger partial charge in [0.15, 0.2) is 0 Å².